The summed E-state index contributed by atoms with van der Waals surface area (Å²) in [4.78, 5) is 9.10. The fraction of sp³-hybridized carbons (Fsp3) is 0.241. The fourth-order valence-electron chi connectivity index (χ4n) is 3.56. The lowest BCUT2D eigenvalue weighted by molar-refractivity contribution is 1.12. The maximum atomic E-state index is 4.64. The molecule has 2 aromatic carbocycles. The molecule has 2 nitrogen and oxygen atoms in total. The fourth-order valence-corrected chi connectivity index (χ4v) is 3.56. The molecule has 0 aliphatic heterocycles. The summed E-state index contributed by atoms with van der Waals surface area (Å²) in [7, 11) is 0. The van der Waals surface area contributed by atoms with Gasteiger partial charge in [0.15, 0.2) is 0 Å². The van der Waals surface area contributed by atoms with E-state index in [1.807, 2.05) is 6.20 Å². The van der Waals surface area contributed by atoms with Gasteiger partial charge in [-0.1, -0.05) is 47.5 Å². The maximum absolute atomic E-state index is 4.64. The van der Waals surface area contributed by atoms with Gasteiger partial charge in [0.1, 0.15) is 0 Å². The monoisotopic (exact) mass is 408 g/mol. The van der Waals surface area contributed by atoms with Crippen LogP contribution in [-0.4, -0.2) is 9.97 Å². The molecule has 0 fully saturated rings. The molecule has 0 N–H and O–H groups in total. The molecule has 31 heavy (non-hydrogen) atoms. The number of nitrogens with zero attached hydrogens (tertiary/aromatic N) is 2. The van der Waals surface area contributed by atoms with Crippen LogP contribution in [0.25, 0.3) is 22.5 Å². The number of pyridine rings is 2. The third-order valence-corrected chi connectivity index (χ3v) is 5.86. The lowest BCUT2D eigenvalue weighted by Gasteiger charge is -2.08. The first-order valence-corrected chi connectivity index (χ1v) is 10.8. The maximum Gasteiger partial charge on any atom is 0.0733 e. The van der Waals surface area contributed by atoms with E-state index in [1.54, 1.807) is 0 Å². The highest BCUT2D eigenvalue weighted by Gasteiger charge is 2.05. The van der Waals surface area contributed by atoms with Crippen LogP contribution < -0.4 is 0 Å². The van der Waals surface area contributed by atoms with E-state index in [1.165, 1.54) is 44.5 Å². The average Bonchev–Trinajstić information content (AvgIpc) is 2.74. The van der Waals surface area contributed by atoms with Crippen molar-refractivity contribution in [3.8, 4) is 22.5 Å². The van der Waals surface area contributed by atoms with E-state index < -0.39 is 0 Å². The summed E-state index contributed by atoms with van der Waals surface area (Å²) in [6.45, 7) is 14.8. The third-order valence-electron chi connectivity index (χ3n) is 5.86. The molecule has 0 aliphatic carbocycles. The van der Waals surface area contributed by atoms with Gasteiger partial charge < -0.3 is 0 Å². The molecule has 2 heteroatoms. The summed E-state index contributed by atoms with van der Waals surface area (Å²) in [5, 5.41) is 0. The van der Waals surface area contributed by atoms with E-state index in [-0.39, 0.29) is 0 Å². The van der Waals surface area contributed by atoms with Crippen LogP contribution in [0.4, 0.5) is 0 Å². The van der Waals surface area contributed by atoms with Crippen molar-refractivity contribution in [3.63, 3.8) is 0 Å². The summed E-state index contributed by atoms with van der Waals surface area (Å²) >= 11 is 0. The van der Waals surface area contributed by atoms with Crippen LogP contribution in [0.1, 0.15) is 39.1 Å². The predicted octanol–water partition coefficient (Wildman–Crippen LogP) is 7.66. The Morgan fingerprint density at radius 3 is 1.81 bits per heavy atom. The molecule has 0 saturated carbocycles. The van der Waals surface area contributed by atoms with Crippen molar-refractivity contribution >= 4 is 0 Å². The first kappa shape index (κ1) is 22.4. The minimum absolute atomic E-state index is 1.07. The van der Waals surface area contributed by atoms with Crippen LogP contribution in [0.3, 0.4) is 0 Å². The van der Waals surface area contributed by atoms with Crippen LogP contribution in [0.15, 0.2) is 66.9 Å². The van der Waals surface area contributed by atoms with Gasteiger partial charge in [-0.25, -0.2) is 0 Å². The van der Waals surface area contributed by atoms with Crippen molar-refractivity contribution in [1.82, 2.24) is 9.97 Å². The number of aromatic nitrogens is 2. The zero-order valence-electron chi connectivity index (χ0n) is 19.7. The third kappa shape index (κ3) is 5.46. The van der Waals surface area contributed by atoms with E-state index in [2.05, 4.69) is 119 Å². The smallest absolute Gasteiger partial charge is 0.0733 e. The van der Waals surface area contributed by atoms with Crippen molar-refractivity contribution < 1.29 is 0 Å². The molecule has 4 aromatic rings. The molecule has 2 aromatic heterocycles. The van der Waals surface area contributed by atoms with E-state index in [0.29, 0.717) is 0 Å². The molecule has 0 unspecified atom stereocenters. The van der Waals surface area contributed by atoms with Crippen LogP contribution >= 0.6 is 0 Å². The van der Waals surface area contributed by atoms with Gasteiger partial charge in [0.25, 0.3) is 0 Å². The number of rotatable bonds is 2. The van der Waals surface area contributed by atoms with Crippen LogP contribution in [0.2, 0.25) is 0 Å². The largest absolute Gasteiger partial charge is 0.256 e. The van der Waals surface area contributed by atoms with Crippen molar-refractivity contribution in [2.75, 3.05) is 0 Å². The van der Waals surface area contributed by atoms with Crippen LogP contribution in [0, 0.1) is 48.5 Å². The lowest BCUT2D eigenvalue weighted by Crippen LogP contribution is -1.94. The zero-order chi connectivity index (χ0) is 22.5. The van der Waals surface area contributed by atoms with Crippen LogP contribution in [-0.2, 0) is 0 Å². The normalized spacial score (nSPS) is 10.4. The highest BCUT2D eigenvalue weighted by molar-refractivity contribution is 5.64. The SMILES string of the molecule is Cc1cccc(-c2cc(C)c(C)c(C)n2)c1.Cc1cccc(-c2nccc(C)c2C)c1. The number of benzene rings is 2. The average molecular weight is 409 g/mol. The number of aryl methyl sites for hydroxylation is 5. The first-order chi connectivity index (χ1) is 14.8. The minimum atomic E-state index is 1.07. The molecule has 0 bridgehead atoms. The number of hydrogen-bond acceptors (Lipinski definition) is 2. The highest BCUT2D eigenvalue weighted by atomic mass is 14.7. The Kier molecular flexibility index (Phi) is 7.02. The summed E-state index contributed by atoms with van der Waals surface area (Å²) in [6.07, 6.45) is 1.88. The Bertz CT molecular complexity index is 1180. The van der Waals surface area contributed by atoms with Crippen molar-refractivity contribution in [1.29, 1.82) is 0 Å². The van der Waals surface area contributed by atoms with Gasteiger partial charge in [0.2, 0.25) is 0 Å². The van der Waals surface area contributed by atoms with E-state index in [9.17, 15) is 0 Å². The van der Waals surface area contributed by atoms with Gasteiger partial charge >= 0.3 is 0 Å². The van der Waals surface area contributed by atoms with Crippen LogP contribution in [0.5, 0.6) is 0 Å². The molecule has 0 atom stereocenters. The molecular formula is C29H32N2. The van der Waals surface area contributed by atoms with Gasteiger partial charge in [0, 0.05) is 23.0 Å². The van der Waals surface area contributed by atoms with Gasteiger partial charge in [0.05, 0.1) is 11.4 Å². The first-order valence-electron chi connectivity index (χ1n) is 10.8. The Labute approximate surface area is 187 Å². The topological polar surface area (TPSA) is 25.8 Å². The predicted molar refractivity (Wildman–Crippen MR) is 133 cm³/mol. The Morgan fingerprint density at radius 1 is 0.581 bits per heavy atom. The quantitative estimate of drug-likeness (QED) is 0.340. The summed E-state index contributed by atoms with van der Waals surface area (Å²) in [6, 6.07) is 21.2. The van der Waals surface area contributed by atoms with E-state index in [4.69, 9.17) is 0 Å². The zero-order valence-corrected chi connectivity index (χ0v) is 19.7. The van der Waals surface area contributed by atoms with Crippen molar-refractivity contribution in [3.05, 3.63) is 106 Å². The number of hydrogen-bond donors (Lipinski definition) is 0. The second-order valence-electron chi connectivity index (χ2n) is 8.38. The molecule has 2 heterocycles. The Balaban J connectivity index is 0.000000176. The molecule has 0 amide bonds. The van der Waals surface area contributed by atoms with Crippen molar-refractivity contribution in [2.24, 2.45) is 0 Å². The van der Waals surface area contributed by atoms with E-state index in [0.717, 1.165) is 17.1 Å². The molecular weight excluding hydrogens is 376 g/mol. The second-order valence-corrected chi connectivity index (χ2v) is 8.38. The molecule has 4 rings (SSSR count). The molecule has 0 saturated heterocycles. The van der Waals surface area contributed by atoms with Gasteiger partial charge in [-0.05, 0) is 95.0 Å². The van der Waals surface area contributed by atoms with Crippen molar-refractivity contribution in [2.45, 2.75) is 48.5 Å². The Hall–Kier alpha value is -3.26. The summed E-state index contributed by atoms with van der Waals surface area (Å²) in [5.41, 5.74) is 13.4. The van der Waals surface area contributed by atoms with Gasteiger partial charge in [-0.3, -0.25) is 9.97 Å². The molecule has 0 radical (unpaired) electrons. The molecule has 0 spiro atoms. The van der Waals surface area contributed by atoms with E-state index >= 15 is 0 Å². The molecule has 0 aliphatic rings. The Morgan fingerprint density at radius 2 is 1.19 bits per heavy atom. The summed E-state index contributed by atoms with van der Waals surface area (Å²) < 4.78 is 0. The minimum Gasteiger partial charge on any atom is -0.256 e. The van der Waals surface area contributed by atoms with Gasteiger partial charge in [-0.2, -0.15) is 0 Å². The molecule has 158 valence electrons. The lowest BCUT2D eigenvalue weighted by atomic mass is 10.0. The standard InChI is InChI=1S/C15H17N.C14H15N/c1-10-6-5-7-14(8-10)15-9-11(2)12(3)13(4)16-15;1-10-5-4-6-13(9-10)14-12(3)11(2)7-8-15-14/h5-9H,1-4H3;4-9H,1-3H3. The van der Waals surface area contributed by atoms with Gasteiger partial charge in [-0.15, -0.1) is 0 Å². The second kappa shape index (κ2) is 9.70. The highest BCUT2D eigenvalue weighted by Crippen LogP contribution is 2.24. The summed E-state index contributed by atoms with van der Waals surface area (Å²) in [5.74, 6) is 0.